The third-order valence-corrected chi connectivity index (χ3v) is 10.9. The molecule has 2 heteroatoms. The molecule has 0 aromatic carbocycles. The topological polar surface area (TPSA) is 23.5 Å². The highest BCUT2D eigenvalue weighted by Gasteiger charge is 2.58. The molecule has 0 heterocycles. The predicted molar refractivity (Wildman–Crippen MR) is 142 cm³/mol. The van der Waals surface area contributed by atoms with Gasteiger partial charge < -0.3 is 10.0 Å². The Morgan fingerprint density at radius 1 is 1.03 bits per heavy atom. The Hall–Kier alpha value is -1.20. The Morgan fingerprint density at radius 3 is 2.56 bits per heavy atom. The van der Waals surface area contributed by atoms with E-state index >= 15 is 0 Å². The Balaban J connectivity index is 1.25. The SMILES string of the molecule is C=C(CN(C=CC)CCC)C1CCC2C3CCC4CC(O)(C#CC5CC5)CCC4C3CCC12C. The van der Waals surface area contributed by atoms with E-state index in [1.54, 1.807) is 0 Å². The van der Waals surface area contributed by atoms with E-state index in [1.165, 1.54) is 69.8 Å². The van der Waals surface area contributed by atoms with E-state index < -0.39 is 5.60 Å². The molecule has 0 radical (unpaired) electrons. The lowest BCUT2D eigenvalue weighted by Gasteiger charge is -2.57. The minimum absolute atomic E-state index is 0.448. The number of aliphatic hydroxyl groups is 1. The van der Waals surface area contributed by atoms with Crippen molar-refractivity contribution in [3.63, 3.8) is 0 Å². The van der Waals surface area contributed by atoms with E-state index in [1.807, 2.05) is 0 Å². The van der Waals surface area contributed by atoms with Gasteiger partial charge in [0.05, 0.1) is 0 Å². The van der Waals surface area contributed by atoms with Crippen LogP contribution in [0.2, 0.25) is 0 Å². The number of allylic oxidation sites excluding steroid dienone is 1. The molecule has 0 spiro atoms. The first-order valence-electron chi connectivity index (χ1n) is 14.7. The van der Waals surface area contributed by atoms with Gasteiger partial charge in [0.25, 0.3) is 0 Å². The quantitative estimate of drug-likeness (QED) is 0.332. The minimum Gasteiger partial charge on any atom is -0.378 e. The first kappa shape index (κ1) is 24.5. The molecule has 0 aromatic rings. The van der Waals surface area contributed by atoms with Gasteiger partial charge in [-0.15, -0.1) is 0 Å². The molecule has 0 saturated heterocycles. The number of nitrogens with zero attached hydrogens (tertiary/aromatic N) is 1. The van der Waals surface area contributed by atoms with E-state index in [4.69, 9.17) is 0 Å². The van der Waals surface area contributed by atoms with Gasteiger partial charge in [-0.05, 0) is 131 Å². The summed E-state index contributed by atoms with van der Waals surface area (Å²) in [7, 11) is 0. The highest BCUT2D eigenvalue weighted by atomic mass is 16.3. The Labute approximate surface area is 209 Å². The normalized spacial score (nSPS) is 43.4. The Morgan fingerprint density at radius 2 is 1.82 bits per heavy atom. The summed E-state index contributed by atoms with van der Waals surface area (Å²) >= 11 is 0. The van der Waals surface area contributed by atoms with Crippen molar-refractivity contribution in [3.8, 4) is 11.8 Å². The third kappa shape index (κ3) is 4.64. The molecule has 5 aliphatic carbocycles. The fraction of sp³-hybridized carbons (Fsp3) is 0.812. The van der Waals surface area contributed by atoms with E-state index in [9.17, 15) is 5.11 Å². The van der Waals surface area contributed by atoms with Crippen LogP contribution in [0, 0.1) is 58.7 Å². The van der Waals surface area contributed by atoms with E-state index in [0.29, 0.717) is 23.2 Å². The van der Waals surface area contributed by atoms with Crippen LogP contribution in [-0.2, 0) is 0 Å². The summed E-state index contributed by atoms with van der Waals surface area (Å²) in [5.41, 5.74) is 1.25. The average Bonchev–Trinajstić information content (AvgIpc) is 3.57. The van der Waals surface area contributed by atoms with Crippen LogP contribution in [0.5, 0.6) is 0 Å². The molecule has 5 fully saturated rings. The molecular weight excluding hydrogens is 414 g/mol. The Bertz CT molecular complexity index is 845. The van der Waals surface area contributed by atoms with Crippen molar-refractivity contribution in [1.29, 1.82) is 0 Å². The zero-order valence-electron chi connectivity index (χ0n) is 22.2. The summed E-state index contributed by atoms with van der Waals surface area (Å²) in [4.78, 5) is 2.48. The molecular formula is C32H49NO. The van der Waals surface area contributed by atoms with Crippen LogP contribution in [0.3, 0.4) is 0 Å². The van der Waals surface area contributed by atoms with Crippen molar-refractivity contribution in [1.82, 2.24) is 4.90 Å². The van der Waals surface area contributed by atoms with Crippen molar-refractivity contribution < 1.29 is 5.11 Å². The standard InChI is InChI=1S/C32H49NO/c1-5-19-33(20-6-2)22-23(3)29-11-12-30-28-10-9-25-21-32(34,17-13-24-7-8-24)18-15-26(25)27(28)14-16-31(29,30)4/h5,19,24-30,34H,3,6-12,14-16,18,20-22H2,1-2,4H3. The summed E-state index contributed by atoms with van der Waals surface area (Å²) in [5.74, 6) is 12.2. The van der Waals surface area contributed by atoms with Gasteiger partial charge in [-0.25, -0.2) is 0 Å². The van der Waals surface area contributed by atoms with Gasteiger partial charge in [0.1, 0.15) is 5.60 Å². The highest BCUT2D eigenvalue weighted by Crippen LogP contribution is 2.65. The van der Waals surface area contributed by atoms with Crippen molar-refractivity contribution >= 4 is 0 Å². The maximum absolute atomic E-state index is 11.2. The van der Waals surface area contributed by atoms with Crippen LogP contribution in [0.4, 0.5) is 0 Å². The summed E-state index contributed by atoms with van der Waals surface area (Å²) in [6.45, 7) is 13.9. The van der Waals surface area contributed by atoms with Crippen LogP contribution < -0.4 is 0 Å². The van der Waals surface area contributed by atoms with Crippen molar-refractivity contribution in [3.05, 3.63) is 24.4 Å². The van der Waals surface area contributed by atoms with Gasteiger partial charge in [-0.2, -0.15) is 0 Å². The lowest BCUT2D eigenvalue weighted by atomic mass is 9.48. The van der Waals surface area contributed by atoms with Gasteiger partial charge in [-0.3, -0.25) is 0 Å². The van der Waals surface area contributed by atoms with Gasteiger partial charge in [0.2, 0.25) is 0 Å². The highest BCUT2D eigenvalue weighted by molar-refractivity contribution is 5.21. The molecule has 5 rings (SSSR count). The largest absolute Gasteiger partial charge is 0.378 e. The van der Waals surface area contributed by atoms with Crippen LogP contribution >= 0.6 is 0 Å². The van der Waals surface area contributed by atoms with Gasteiger partial charge in [-0.1, -0.05) is 43.9 Å². The van der Waals surface area contributed by atoms with Crippen LogP contribution in [-0.4, -0.2) is 28.7 Å². The number of hydrogen-bond donors (Lipinski definition) is 1. The molecule has 8 unspecified atom stereocenters. The summed E-state index contributed by atoms with van der Waals surface area (Å²) in [6, 6.07) is 0. The maximum atomic E-state index is 11.2. The van der Waals surface area contributed by atoms with Crippen LogP contribution in [0.25, 0.3) is 0 Å². The first-order valence-corrected chi connectivity index (χ1v) is 14.7. The number of hydrogen-bond acceptors (Lipinski definition) is 2. The summed E-state index contributed by atoms with van der Waals surface area (Å²) in [6.07, 6.45) is 19.4. The lowest BCUT2D eigenvalue weighted by molar-refractivity contribution is -0.0874. The molecule has 0 amide bonds. The fourth-order valence-corrected chi connectivity index (χ4v) is 9.20. The Kier molecular flexibility index (Phi) is 6.98. The zero-order chi connectivity index (χ0) is 23.9. The molecule has 0 aliphatic heterocycles. The van der Waals surface area contributed by atoms with Crippen LogP contribution in [0.15, 0.2) is 24.4 Å². The molecule has 0 aromatic heterocycles. The number of fused-ring (bicyclic) bond motifs is 5. The van der Waals surface area contributed by atoms with E-state index in [-0.39, 0.29) is 0 Å². The smallest absolute Gasteiger partial charge is 0.125 e. The maximum Gasteiger partial charge on any atom is 0.125 e. The van der Waals surface area contributed by atoms with Crippen molar-refractivity contribution in [2.24, 2.45) is 46.8 Å². The molecule has 2 nitrogen and oxygen atoms in total. The molecule has 5 aliphatic rings. The zero-order valence-corrected chi connectivity index (χ0v) is 22.2. The number of rotatable bonds is 6. The summed E-state index contributed by atoms with van der Waals surface area (Å²) in [5, 5.41) is 11.2. The second kappa shape index (κ2) is 9.69. The third-order valence-electron chi connectivity index (χ3n) is 10.9. The second-order valence-corrected chi connectivity index (χ2v) is 13.0. The molecule has 5 saturated carbocycles. The van der Waals surface area contributed by atoms with Gasteiger partial charge in [0, 0.05) is 19.0 Å². The predicted octanol–water partition coefficient (Wildman–Crippen LogP) is 7.20. The monoisotopic (exact) mass is 463 g/mol. The van der Waals surface area contributed by atoms with Crippen molar-refractivity contribution in [2.75, 3.05) is 13.1 Å². The first-order chi connectivity index (χ1) is 16.4. The summed E-state index contributed by atoms with van der Waals surface area (Å²) < 4.78 is 0. The fourth-order valence-electron chi connectivity index (χ4n) is 9.20. The molecule has 8 atom stereocenters. The van der Waals surface area contributed by atoms with Crippen LogP contribution in [0.1, 0.15) is 97.8 Å². The molecule has 188 valence electrons. The van der Waals surface area contributed by atoms with Crippen molar-refractivity contribution in [2.45, 2.75) is 103 Å². The molecule has 34 heavy (non-hydrogen) atoms. The van der Waals surface area contributed by atoms with E-state index in [0.717, 1.165) is 49.6 Å². The second-order valence-electron chi connectivity index (χ2n) is 13.0. The molecule has 0 bridgehead atoms. The van der Waals surface area contributed by atoms with Gasteiger partial charge >= 0.3 is 0 Å². The lowest BCUT2D eigenvalue weighted by Crippen LogP contribution is -2.51. The minimum atomic E-state index is -0.687. The average molecular weight is 464 g/mol. The molecule has 1 N–H and O–H groups in total. The van der Waals surface area contributed by atoms with Gasteiger partial charge in [0.15, 0.2) is 0 Å². The van der Waals surface area contributed by atoms with E-state index in [2.05, 4.69) is 56.4 Å².